The van der Waals surface area contributed by atoms with Crippen LogP contribution in [0.3, 0.4) is 0 Å². The van der Waals surface area contributed by atoms with Crippen molar-refractivity contribution in [3.05, 3.63) is 91.0 Å². The molecule has 0 aliphatic carbocycles. The maximum absolute atomic E-state index is 2.33. The van der Waals surface area contributed by atoms with Crippen LogP contribution in [0.15, 0.2) is 91.0 Å². The smallest absolute Gasteiger partial charge is 0.112 e. The Bertz CT molecular complexity index is 629. The molecule has 0 aliphatic rings. The molecular weight excluding hydrogens is 323 g/mol. The Morgan fingerprint density at radius 2 is 0.920 bits per heavy atom. The Hall–Kier alpha value is -1.95. The summed E-state index contributed by atoms with van der Waals surface area (Å²) in [5, 5.41) is 4.50. The molecule has 25 heavy (non-hydrogen) atoms. The normalized spacial score (nSPS) is 10.9. The minimum Gasteiger partial charge on any atom is -0.870 e. The van der Waals surface area contributed by atoms with Crippen molar-refractivity contribution < 1.29 is 5.48 Å². The van der Waals surface area contributed by atoms with E-state index in [4.69, 9.17) is 0 Å². The molecule has 0 aliphatic heterocycles. The van der Waals surface area contributed by atoms with Crippen molar-refractivity contribution in [3.63, 3.8) is 0 Å². The van der Waals surface area contributed by atoms with Gasteiger partial charge in [-0.05, 0) is 42.8 Å². The van der Waals surface area contributed by atoms with Crippen LogP contribution in [0.4, 0.5) is 0 Å². The van der Waals surface area contributed by atoms with Crippen LogP contribution in [-0.2, 0) is 0 Å². The summed E-state index contributed by atoms with van der Waals surface area (Å²) in [7, 11) is -1.58. The van der Waals surface area contributed by atoms with Crippen LogP contribution in [-0.4, -0.2) is 11.6 Å². The Morgan fingerprint density at radius 1 is 0.560 bits per heavy atom. The molecule has 0 aromatic heterocycles. The molecule has 1 N–H and O–H groups in total. The lowest BCUT2D eigenvalue weighted by molar-refractivity contribution is 0.776. The number of hydrogen-bond acceptors (Lipinski definition) is 1. The van der Waals surface area contributed by atoms with Crippen molar-refractivity contribution in [1.29, 1.82) is 0 Å². The fourth-order valence-corrected chi connectivity index (χ4v) is 7.89. The lowest BCUT2D eigenvalue weighted by atomic mass is 10.3. The monoisotopic (exact) mass is 350 g/mol. The van der Waals surface area contributed by atoms with Crippen molar-refractivity contribution in [2.45, 2.75) is 26.2 Å². The third-order valence-electron chi connectivity index (χ3n) is 4.69. The molecule has 0 amide bonds. The Labute approximate surface area is 152 Å². The van der Waals surface area contributed by atoms with Gasteiger partial charge in [-0.25, -0.2) is 0 Å². The van der Waals surface area contributed by atoms with E-state index in [2.05, 4.69) is 97.9 Å². The SMILES string of the molecule is CCCCC[P+](c1ccccc1)(c1ccccc1)c1ccccc1.[OH-]. The van der Waals surface area contributed by atoms with Gasteiger partial charge in [-0.3, -0.25) is 0 Å². The first-order valence-electron chi connectivity index (χ1n) is 8.93. The van der Waals surface area contributed by atoms with Gasteiger partial charge in [0.1, 0.15) is 23.2 Å². The number of hydrogen-bond donors (Lipinski definition) is 0. The minimum absolute atomic E-state index is 0. The van der Waals surface area contributed by atoms with E-state index in [-0.39, 0.29) is 5.48 Å². The van der Waals surface area contributed by atoms with Crippen molar-refractivity contribution in [2.75, 3.05) is 6.16 Å². The van der Waals surface area contributed by atoms with Crippen LogP contribution in [0.5, 0.6) is 0 Å². The van der Waals surface area contributed by atoms with E-state index in [1.165, 1.54) is 41.3 Å². The van der Waals surface area contributed by atoms with Crippen LogP contribution >= 0.6 is 7.26 Å². The fraction of sp³-hybridized carbons (Fsp3) is 0.217. The predicted octanol–water partition coefficient (Wildman–Crippen LogP) is 4.99. The van der Waals surface area contributed by atoms with Crippen molar-refractivity contribution in [1.82, 2.24) is 0 Å². The molecule has 0 atom stereocenters. The van der Waals surface area contributed by atoms with Gasteiger partial charge >= 0.3 is 0 Å². The largest absolute Gasteiger partial charge is 0.870 e. The zero-order chi connectivity index (χ0) is 16.7. The molecule has 3 aromatic carbocycles. The second-order valence-corrected chi connectivity index (χ2v) is 9.86. The average molecular weight is 350 g/mol. The molecule has 2 heteroatoms. The summed E-state index contributed by atoms with van der Waals surface area (Å²) in [4.78, 5) is 0. The average Bonchev–Trinajstić information content (AvgIpc) is 2.68. The molecule has 0 unspecified atom stereocenters. The van der Waals surface area contributed by atoms with Gasteiger partial charge < -0.3 is 5.48 Å². The molecule has 0 fully saturated rings. The second kappa shape index (κ2) is 9.51. The van der Waals surface area contributed by atoms with Gasteiger partial charge in [-0.2, -0.15) is 0 Å². The first-order chi connectivity index (χ1) is 11.9. The maximum Gasteiger partial charge on any atom is 0.112 e. The molecule has 130 valence electrons. The quantitative estimate of drug-likeness (QED) is 0.436. The van der Waals surface area contributed by atoms with Gasteiger partial charge in [-0.1, -0.05) is 74.4 Å². The van der Waals surface area contributed by atoms with Gasteiger partial charge in [0.2, 0.25) is 0 Å². The van der Waals surface area contributed by atoms with E-state index in [1.807, 2.05) is 0 Å². The summed E-state index contributed by atoms with van der Waals surface area (Å²) in [5.74, 6) is 0. The van der Waals surface area contributed by atoms with Crippen molar-refractivity contribution >= 4 is 23.2 Å². The Kier molecular flexibility index (Phi) is 7.37. The van der Waals surface area contributed by atoms with E-state index < -0.39 is 7.26 Å². The number of benzene rings is 3. The van der Waals surface area contributed by atoms with E-state index in [1.54, 1.807) is 0 Å². The van der Waals surface area contributed by atoms with Crippen molar-refractivity contribution in [2.24, 2.45) is 0 Å². The molecule has 3 rings (SSSR count). The highest BCUT2D eigenvalue weighted by atomic mass is 31.2. The summed E-state index contributed by atoms with van der Waals surface area (Å²) in [6.45, 7) is 2.29. The topological polar surface area (TPSA) is 30.0 Å². The van der Waals surface area contributed by atoms with Gasteiger partial charge in [0.25, 0.3) is 0 Å². The van der Waals surface area contributed by atoms with E-state index in [0.29, 0.717) is 0 Å². The molecular formula is C23H27OP. The van der Waals surface area contributed by atoms with Gasteiger partial charge in [0.15, 0.2) is 0 Å². The third-order valence-corrected chi connectivity index (χ3v) is 9.21. The number of unbranched alkanes of at least 4 members (excludes halogenated alkanes) is 2. The van der Waals surface area contributed by atoms with E-state index in [9.17, 15) is 0 Å². The highest BCUT2D eigenvalue weighted by Gasteiger charge is 2.44. The highest BCUT2D eigenvalue weighted by Crippen LogP contribution is 2.55. The van der Waals surface area contributed by atoms with Crippen molar-refractivity contribution in [3.8, 4) is 0 Å². The molecule has 0 saturated carbocycles. The second-order valence-electron chi connectivity index (χ2n) is 6.25. The van der Waals surface area contributed by atoms with Crippen LogP contribution < -0.4 is 15.9 Å². The summed E-state index contributed by atoms with van der Waals surface area (Å²) in [6, 6.07) is 33.5. The first kappa shape index (κ1) is 19.4. The van der Waals surface area contributed by atoms with Gasteiger partial charge in [-0.15, -0.1) is 0 Å². The lowest BCUT2D eigenvalue weighted by Gasteiger charge is -2.27. The summed E-state index contributed by atoms with van der Waals surface area (Å²) in [5.41, 5.74) is 0. The lowest BCUT2D eigenvalue weighted by Crippen LogP contribution is -2.33. The van der Waals surface area contributed by atoms with Crippen LogP contribution in [0, 0.1) is 0 Å². The molecule has 0 radical (unpaired) electrons. The van der Waals surface area contributed by atoms with E-state index in [0.717, 1.165) is 0 Å². The van der Waals surface area contributed by atoms with Gasteiger partial charge in [0.05, 0.1) is 6.16 Å². The summed E-state index contributed by atoms with van der Waals surface area (Å²) in [6.07, 6.45) is 5.09. The highest BCUT2D eigenvalue weighted by molar-refractivity contribution is 7.95. The molecule has 0 heterocycles. The molecule has 1 nitrogen and oxygen atoms in total. The summed E-state index contributed by atoms with van der Waals surface area (Å²) < 4.78 is 0. The molecule has 0 spiro atoms. The summed E-state index contributed by atoms with van der Waals surface area (Å²) >= 11 is 0. The van der Waals surface area contributed by atoms with Crippen LogP contribution in [0.25, 0.3) is 0 Å². The molecule has 0 saturated heterocycles. The first-order valence-corrected chi connectivity index (χ1v) is 10.9. The fourth-order valence-electron chi connectivity index (χ4n) is 3.48. The minimum atomic E-state index is -1.58. The van der Waals surface area contributed by atoms with Crippen LogP contribution in [0.2, 0.25) is 0 Å². The van der Waals surface area contributed by atoms with Gasteiger partial charge in [0, 0.05) is 0 Å². The van der Waals surface area contributed by atoms with Crippen LogP contribution in [0.1, 0.15) is 26.2 Å². The third kappa shape index (κ3) is 4.18. The zero-order valence-corrected chi connectivity index (χ0v) is 15.8. The Morgan fingerprint density at radius 3 is 1.24 bits per heavy atom. The maximum atomic E-state index is 2.33. The molecule has 0 bridgehead atoms. The number of rotatable bonds is 7. The zero-order valence-electron chi connectivity index (χ0n) is 14.9. The Balaban J connectivity index is 0.00000225. The standard InChI is InChI=1S/C23H26P.H2O/c1-2-3-13-20-24(21-14-7-4-8-15-21,22-16-9-5-10-17-22)23-18-11-6-12-19-23;/h4-12,14-19H,2-3,13,20H2,1H3;1H2/q+1;/p-1. The van der Waals surface area contributed by atoms with E-state index >= 15 is 0 Å². The predicted molar refractivity (Wildman–Crippen MR) is 111 cm³/mol. The molecule has 3 aromatic rings.